The summed E-state index contributed by atoms with van der Waals surface area (Å²) in [5.41, 5.74) is 1.93. The van der Waals surface area contributed by atoms with Crippen molar-refractivity contribution in [2.24, 2.45) is 0 Å². The Kier molecular flexibility index (Phi) is 6.84. The Morgan fingerprint density at radius 2 is 1.35 bits per heavy atom. The second kappa shape index (κ2) is 9.94. The lowest BCUT2D eigenvalue weighted by Crippen LogP contribution is -2.51. The number of aryl methyl sites for hydroxylation is 1. The van der Waals surface area contributed by atoms with Gasteiger partial charge in [0.25, 0.3) is 0 Å². The molecule has 0 radical (unpaired) electrons. The van der Waals surface area contributed by atoms with Crippen molar-refractivity contribution >= 4 is 17.5 Å². The first-order valence-corrected chi connectivity index (χ1v) is 10.9. The summed E-state index contributed by atoms with van der Waals surface area (Å²) < 4.78 is 5.82. The standard InChI is InChI=1S/C24H30N4O3/c1-18-2-8-21(9-3-18)31-22-10-6-20(7-11-22)26-24(30)17-28-14-12-27(13-15-28)16-23(29)25-19-4-5-19/h2-3,6-11,19H,4-5,12-17H2,1H3,(H,25,29)(H,26,30). The molecule has 2 aromatic carbocycles. The molecule has 1 aliphatic carbocycles. The number of nitrogens with zero attached hydrogens (tertiary/aromatic N) is 2. The number of rotatable bonds is 8. The molecule has 7 heteroatoms. The fourth-order valence-electron chi connectivity index (χ4n) is 3.56. The molecule has 1 saturated heterocycles. The average Bonchev–Trinajstić information content (AvgIpc) is 3.56. The van der Waals surface area contributed by atoms with Gasteiger partial charge in [-0.3, -0.25) is 19.4 Å². The molecule has 1 saturated carbocycles. The maximum Gasteiger partial charge on any atom is 0.238 e. The second-order valence-corrected chi connectivity index (χ2v) is 8.38. The molecule has 0 aromatic heterocycles. The van der Waals surface area contributed by atoms with E-state index in [2.05, 4.69) is 20.4 Å². The highest BCUT2D eigenvalue weighted by atomic mass is 16.5. The number of hydrogen-bond acceptors (Lipinski definition) is 5. The SMILES string of the molecule is Cc1ccc(Oc2ccc(NC(=O)CN3CCN(CC(=O)NC4CC4)CC3)cc2)cc1. The van der Waals surface area contributed by atoms with Crippen LogP contribution in [0.2, 0.25) is 0 Å². The molecule has 7 nitrogen and oxygen atoms in total. The third-order valence-corrected chi connectivity index (χ3v) is 5.54. The van der Waals surface area contributed by atoms with Crippen molar-refractivity contribution in [2.75, 3.05) is 44.6 Å². The van der Waals surface area contributed by atoms with E-state index in [4.69, 9.17) is 4.74 Å². The van der Waals surface area contributed by atoms with E-state index >= 15 is 0 Å². The van der Waals surface area contributed by atoms with Crippen LogP contribution in [0.25, 0.3) is 0 Å². The normalized spacial score (nSPS) is 17.2. The zero-order chi connectivity index (χ0) is 21.6. The van der Waals surface area contributed by atoms with E-state index in [1.165, 1.54) is 5.56 Å². The van der Waals surface area contributed by atoms with E-state index in [-0.39, 0.29) is 11.8 Å². The van der Waals surface area contributed by atoms with Gasteiger partial charge in [0.05, 0.1) is 13.1 Å². The first-order valence-electron chi connectivity index (χ1n) is 10.9. The summed E-state index contributed by atoms with van der Waals surface area (Å²) in [5.74, 6) is 1.59. The van der Waals surface area contributed by atoms with Gasteiger partial charge in [0.2, 0.25) is 11.8 Å². The summed E-state index contributed by atoms with van der Waals surface area (Å²) in [4.78, 5) is 28.6. The number of nitrogens with one attached hydrogen (secondary N) is 2. The minimum absolute atomic E-state index is 0.0351. The molecule has 4 rings (SSSR count). The van der Waals surface area contributed by atoms with Gasteiger partial charge in [-0.1, -0.05) is 17.7 Å². The maximum absolute atomic E-state index is 12.4. The van der Waals surface area contributed by atoms with Crippen molar-refractivity contribution in [1.29, 1.82) is 0 Å². The molecule has 0 atom stereocenters. The maximum atomic E-state index is 12.4. The van der Waals surface area contributed by atoms with E-state index in [1.807, 2.05) is 55.5 Å². The Morgan fingerprint density at radius 3 is 1.90 bits per heavy atom. The van der Waals surface area contributed by atoms with E-state index in [0.29, 0.717) is 19.1 Å². The number of hydrogen-bond donors (Lipinski definition) is 2. The first kappa shape index (κ1) is 21.3. The van der Waals surface area contributed by atoms with Crippen LogP contribution in [0, 0.1) is 6.92 Å². The monoisotopic (exact) mass is 422 g/mol. The fraction of sp³-hybridized carbons (Fsp3) is 0.417. The molecule has 31 heavy (non-hydrogen) atoms. The number of amides is 2. The smallest absolute Gasteiger partial charge is 0.238 e. The lowest BCUT2D eigenvalue weighted by Gasteiger charge is -2.33. The van der Waals surface area contributed by atoms with Gasteiger partial charge >= 0.3 is 0 Å². The van der Waals surface area contributed by atoms with Crippen LogP contribution in [0.5, 0.6) is 11.5 Å². The highest BCUT2D eigenvalue weighted by Crippen LogP contribution is 2.23. The molecule has 2 amide bonds. The summed E-state index contributed by atoms with van der Waals surface area (Å²) in [5, 5.41) is 5.97. The summed E-state index contributed by atoms with van der Waals surface area (Å²) in [7, 11) is 0. The van der Waals surface area contributed by atoms with Crippen molar-refractivity contribution in [1.82, 2.24) is 15.1 Å². The third-order valence-electron chi connectivity index (χ3n) is 5.54. The molecule has 1 heterocycles. The molecule has 0 unspecified atom stereocenters. The predicted molar refractivity (Wildman–Crippen MR) is 120 cm³/mol. The summed E-state index contributed by atoms with van der Waals surface area (Å²) in [6.07, 6.45) is 2.22. The van der Waals surface area contributed by atoms with Gasteiger partial charge in [-0.25, -0.2) is 0 Å². The lowest BCUT2D eigenvalue weighted by atomic mass is 10.2. The Morgan fingerprint density at radius 1 is 0.839 bits per heavy atom. The molecule has 2 aromatic rings. The van der Waals surface area contributed by atoms with Crippen molar-refractivity contribution < 1.29 is 14.3 Å². The van der Waals surface area contributed by atoms with Crippen LogP contribution in [0.15, 0.2) is 48.5 Å². The van der Waals surface area contributed by atoms with Crippen molar-refractivity contribution in [3.63, 3.8) is 0 Å². The molecule has 2 aliphatic rings. The van der Waals surface area contributed by atoms with Gasteiger partial charge in [0.15, 0.2) is 0 Å². The van der Waals surface area contributed by atoms with Crippen LogP contribution in [-0.4, -0.2) is 66.9 Å². The van der Waals surface area contributed by atoms with E-state index < -0.39 is 0 Å². The molecular formula is C24H30N4O3. The number of anilines is 1. The zero-order valence-electron chi connectivity index (χ0n) is 18.0. The van der Waals surface area contributed by atoms with Crippen LogP contribution in [0.1, 0.15) is 18.4 Å². The summed E-state index contributed by atoms with van der Waals surface area (Å²) in [6.45, 7) is 6.01. The second-order valence-electron chi connectivity index (χ2n) is 8.38. The van der Waals surface area contributed by atoms with E-state index in [9.17, 15) is 9.59 Å². The van der Waals surface area contributed by atoms with Crippen molar-refractivity contribution in [2.45, 2.75) is 25.8 Å². The van der Waals surface area contributed by atoms with Crippen LogP contribution in [-0.2, 0) is 9.59 Å². The number of ether oxygens (including phenoxy) is 1. The molecule has 2 fully saturated rings. The topological polar surface area (TPSA) is 73.9 Å². The number of piperazine rings is 1. The van der Waals surface area contributed by atoms with Crippen LogP contribution in [0.4, 0.5) is 5.69 Å². The first-order chi connectivity index (χ1) is 15.0. The Balaban J connectivity index is 1.17. The van der Waals surface area contributed by atoms with Gasteiger partial charge in [0.1, 0.15) is 11.5 Å². The quantitative estimate of drug-likeness (QED) is 0.684. The van der Waals surface area contributed by atoms with Gasteiger partial charge < -0.3 is 15.4 Å². The molecule has 0 spiro atoms. The Bertz CT molecular complexity index is 886. The minimum Gasteiger partial charge on any atom is -0.457 e. The lowest BCUT2D eigenvalue weighted by molar-refractivity contribution is -0.123. The third kappa shape index (κ3) is 6.80. The molecular weight excluding hydrogens is 392 g/mol. The average molecular weight is 423 g/mol. The van der Waals surface area contributed by atoms with Crippen molar-refractivity contribution in [3.05, 3.63) is 54.1 Å². The number of carbonyl (C=O) groups is 2. The molecule has 2 N–H and O–H groups in total. The Hall–Kier alpha value is -2.90. The largest absolute Gasteiger partial charge is 0.457 e. The predicted octanol–water partition coefficient (Wildman–Crippen LogP) is 2.62. The van der Waals surface area contributed by atoms with E-state index in [0.717, 1.165) is 56.2 Å². The summed E-state index contributed by atoms with van der Waals surface area (Å²) in [6, 6.07) is 15.7. The van der Waals surface area contributed by atoms with Gasteiger partial charge in [-0.2, -0.15) is 0 Å². The zero-order valence-corrected chi connectivity index (χ0v) is 18.0. The highest BCUT2D eigenvalue weighted by molar-refractivity contribution is 5.92. The molecule has 164 valence electrons. The Labute approximate surface area is 183 Å². The van der Waals surface area contributed by atoms with Crippen LogP contribution >= 0.6 is 0 Å². The van der Waals surface area contributed by atoms with Crippen LogP contribution in [0.3, 0.4) is 0 Å². The molecule has 0 bridgehead atoms. The number of benzene rings is 2. The molecule has 1 aliphatic heterocycles. The van der Waals surface area contributed by atoms with E-state index in [1.54, 1.807) is 0 Å². The van der Waals surface area contributed by atoms with Crippen LogP contribution < -0.4 is 15.4 Å². The number of carbonyl (C=O) groups excluding carboxylic acids is 2. The fourth-order valence-corrected chi connectivity index (χ4v) is 3.56. The van der Waals surface area contributed by atoms with Gasteiger partial charge in [-0.15, -0.1) is 0 Å². The van der Waals surface area contributed by atoms with Gasteiger partial charge in [0, 0.05) is 37.9 Å². The summed E-state index contributed by atoms with van der Waals surface area (Å²) >= 11 is 0. The van der Waals surface area contributed by atoms with Gasteiger partial charge in [-0.05, 0) is 56.2 Å². The highest BCUT2D eigenvalue weighted by Gasteiger charge is 2.25. The van der Waals surface area contributed by atoms with Crippen molar-refractivity contribution in [3.8, 4) is 11.5 Å². The minimum atomic E-state index is -0.0351.